The van der Waals surface area contributed by atoms with Crippen molar-refractivity contribution >= 4 is 23.6 Å². The number of ether oxygens (including phenoxy) is 1. The summed E-state index contributed by atoms with van der Waals surface area (Å²) in [4.78, 5) is 43.8. The van der Waals surface area contributed by atoms with Gasteiger partial charge in [-0.1, -0.05) is 0 Å². The van der Waals surface area contributed by atoms with Gasteiger partial charge in [0.1, 0.15) is 5.60 Å². The van der Waals surface area contributed by atoms with E-state index in [4.69, 9.17) is 10.5 Å². The molecule has 2 aliphatic heterocycles. The molecule has 9 nitrogen and oxygen atoms in total. The van der Waals surface area contributed by atoms with Crippen LogP contribution in [-0.4, -0.2) is 70.7 Å². The first kappa shape index (κ1) is 20.7. The first-order chi connectivity index (χ1) is 12.5. The number of rotatable bonds is 3. The Kier molecular flexibility index (Phi) is 6.12. The average Bonchev–Trinajstić information content (AvgIpc) is 2.87. The van der Waals surface area contributed by atoms with Gasteiger partial charge in [-0.05, 0) is 27.7 Å². The maximum absolute atomic E-state index is 12.5. The van der Waals surface area contributed by atoms with E-state index >= 15 is 0 Å². The summed E-state index contributed by atoms with van der Waals surface area (Å²) in [6, 6.07) is -0.390. The van der Waals surface area contributed by atoms with E-state index in [1.165, 1.54) is 18.0 Å². The fourth-order valence-corrected chi connectivity index (χ4v) is 3.10. The Morgan fingerprint density at radius 2 is 2.04 bits per heavy atom. The molecule has 2 rings (SSSR count). The van der Waals surface area contributed by atoms with Crippen LogP contribution in [0.3, 0.4) is 0 Å². The molecule has 150 valence electrons. The number of likely N-dealkylation sites (tertiary alicyclic amines) is 1. The van der Waals surface area contributed by atoms with Crippen molar-refractivity contribution in [1.82, 2.24) is 15.1 Å². The lowest BCUT2D eigenvalue weighted by Crippen LogP contribution is -2.50. The Bertz CT molecular complexity index is 680. The number of hydrogen-bond acceptors (Lipinski definition) is 6. The molecule has 0 aromatic carbocycles. The molecule has 1 saturated heterocycles. The van der Waals surface area contributed by atoms with Crippen LogP contribution in [0.4, 0.5) is 4.79 Å². The van der Waals surface area contributed by atoms with Crippen LogP contribution in [0.1, 0.15) is 41.0 Å². The minimum Gasteiger partial charge on any atom is -0.444 e. The highest BCUT2D eigenvalue weighted by atomic mass is 16.6. The van der Waals surface area contributed by atoms with Gasteiger partial charge in [-0.15, -0.1) is 0 Å². The largest absolute Gasteiger partial charge is 0.444 e. The number of nitrogens with one attached hydrogen (secondary N) is 1. The number of carbonyl (C=O) groups excluding carboxylic acids is 3. The van der Waals surface area contributed by atoms with Crippen LogP contribution in [0.5, 0.6) is 0 Å². The van der Waals surface area contributed by atoms with Crippen LogP contribution in [0, 0.1) is 0 Å². The van der Waals surface area contributed by atoms with Crippen LogP contribution in [0.2, 0.25) is 0 Å². The number of hydrogen-bond donors (Lipinski definition) is 2. The van der Waals surface area contributed by atoms with E-state index in [1.807, 2.05) is 27.7 Å². The summed E-state index contributed by atoms with van der Waals surface area (Å²) in [5, 5.41) is 2.75. The quantitative estimate of drug-likeness (QED) is 0.745. The van der Waals surface area contributed by atoms with Crippen LogP contribution in [0.15, 0.2) is 16.9 Å². The van der Waals surface area contributed by atoms with Crippen LogP contribution < -0.4 is 11.1 Å². The van der Waals surface area contributed by atoms with Crippen molar-refractivity contribution in [3.8, 4) is 0 Å². The SMILES string of the molecule is CC(=O)NC1CC(=O)N(C(=CN)C2=NC[C@H](C)N(C(=O)OC(C)(C)C)C2)C1. The zero-order valence-electron chi connectivity index (χ0n) is 16.6. The Hall–Kier alpha value is -2.58. The smallest absolute Gasteiger partial charge is 0.410 e. The van der Waals surface area contributed by atoms with E-state index in [-0.39, 0.29) is 36.9 Å². The third kappa shape index (κ3) is 5.21. The molecule has 2 atom stereocenters. The van der Waals surface area contributed by atoms with E-state index in [1.54, 1.807) is 4.90 Å². The van der Waals surface area contributed by atoms with Crippen LogP contribution >= 0.6 is 0 Å². The number of nitrogens with zero attached hydrogens (tertiary/aromatic N) is 3. The second kappa shape index (κ2) is 7.98. The molecule has 0 spiro atoms. The highest BCUT2D eigenvalue weighted by Crippen LogP contribution is 2.22. The highest BCUT2D eigenvalue weighted by molar-refractivity contribution is 6.06. The predicted octanol–water partition coefficient (Wildman–Crippen LogP) is 0.604. The summed E-state index contributed by atoms with van der Waals surface area (Å²) in [6.45, 7) is 9.65. The molecule has 2 aliphatic rings. The Morgan fingerprint density at radius 3 is 2.59 bits per heavy atom. The Morgan fingerprint density at radius 1 is 1.37 bits per heavy atom. The lowest BCUT2D eigenvalue weighted by Gasteiger charge is -2.35. The molecule has 0 aliphatic carbocycles. The maximum Gasteiger partial charge on any atom is 0.410 e. The van der Waals surface area contributed by atoms with Gasteiger partial charge in [0, 0.05) is 26.1 Å². The van der Waals surface area contributed by atoms with Crippen molar-refractivity contribution in [3.63, 3.8) is 0 Å². The molecular formula is C18H29N5O4. The lowest BCUT2D eigenvalue weighted by molar-refractivity contribution is -0.125. The van der Waals surface area contributed by atoms with Crippen molar-refractivity contribution in [2.75, 3.05) is 19.6 Å². The van der Waals surface area contributed by atoms with Gasteiger partial charge in [-0.3, -0.25) is 19.5 Å². The monoisotopic (exact) mass is 379 g/mol. The maximum atomic E-state index is 12.5. The molecule has 9 heteroatoms. The number of amides is 3. The van der Waals surface area contributed by atoms with Crippen molar-refractivity contribution < 1.29 is 19.1 Å². The van der Waals surface area contributed by atoms with Crippen molar-refractivity contribution in [2.45, 2.75) is 58.7 Å². The third-order valence-electron chi connectivity index (χ3n) is 4.30. The summed E-state index contributed by atoms with van der Waals surface area (Å²) in [6.07, 6.45) is 1.11. The fourth-order valence-electron chi connectivity index (χ4n) is 3.10. The summed E-state index contributed by atoms with van der Waals surface area (Å²) < 4.78 is 5.47. The summed E-state index contributed by atoms with van der Waals surface area (Å²) in [5.74, 6) is -0.330. The molecule has 1 fully saturated rings. The minimum absolute atomic E-state index is 0.121. The number of carbonyl (C=O) groups is 3. The summed E-state index contributed by atoms with van der Waals surface area (Å²) in [5.41, 5.74) is 6.21. The molecule has 27 heavy (non-hydrogen) atoms. The standard InChI is InChI=1S/C18H29N5O4/c1-11-8-20-14(10-22(11)17(26)27-18(3,4)5)15(7-19)23-9-13(6-16(23)25)21-12(2)24/h7,11,13H,6,8-10,19H2,1-5H3,(H,21,24)/t11-,13?/m0/s1. The van der Waals surface area contributed by atoms with Gasteiger partial charge in [-0.2, -0.15) is 0 Å². The predicted molar refractivity (Wildman–Crippen MR) is 101 cm³/mol. The first-order valence-corrected chi connectivity index (χ1v) is 9.04. The second-order valence-corrected chi connectivity index (χ2v) is 7.90. The summed E-state index contributed by atoms with van der Waals surface area (Å²) in [7, 11) is 0. The zero-order valence-corrected chi connectivity index (χ0v) is 16.6. The van der Waals surface area contributed by atoms with E-state index in [0.29, 0.717) is 24.5 Å². The van der Waals surface area contributed by atoms with Gasteiger partial charge >= 0.3 is 6.09 Å². The van der Waals surface area contributed by atoms with Crippen molar-refractivity contribution in [2.24, 2.45) is 10.7 Å². The molecular weight excluding hydrogens is 350 g/mol. The lowest BCUT2D eigenvalue weighted by atomic mass is 10.1. The van der Waals surface area contributed by atoms with E-state index < -0.39 is 11.7 Å². The van der Waals surface area contributed by atoms with Gasteiger partial charge in [0.15, 0.2) is 0 Å². The molecule has 0 saturated carbocycles. The highest BCUT2D eigenvalue weighted by Gasteiger charge is 2.36. The van der Waals surface area contributed by atoms with Crippen LogP contribution in [0.25, 0.3) is 0 Å². The number of nitrogens with two attached hydrogens (primary N) is 1. The first-order valence-electron chi connectivity index (χ1n) is 9.04. The Labute approximate surface area is 159 Å². The second-order valence-electron chi connectivity index (χ2n) is 7.90. The fraction of sp³-hybridized carbons (Fsp3) is 0.667. The normalized spacial score (nSPS) is 24.0. The topological polar surface area (TPSA) is 117 Å². The molecule has 3 amide bonds. The van der Waals surface area contributed by atoms with Gasteiger partial charge in [0.05, 0.1) is 36.6 Å². The van der Waals surface area contributed by atoms with Gasteiger partial charge in [0.2, 0.25) is 11.8 Å². The van der Waals surface area contributed by atoms with Crippen molar-refractivity contribution in [3.05, 3.63) is 11.9 Å². The third-order valence-corrected chi connectivity index (χ3v) is 4.30. The zero-order chi connectivity index (χ0) is 20.4. The Balaban J connectivity index is 2.14. The van der Waals surface area contributed by atoms with E-state index in [9.17, 15) is 14.4 Å². The van der Waals surface area contributed by atoms with Crippen molar-refractivity contribution in [1.29, 1.82) is 0 Å². The van der Waals surface area contributed by atoms with Gasteiger partial charge < -0.3 is 20.7 Å². The average molecular weight is 379 g/mol. The van der Waals surface area contributed by atoms with Gasteiger partial charge in [0.25, 0.3) is 0 Å². The molecule has 0 bridgehead atoms. The molecule has 0 aromatic rings. The number of aliphatic imine (C=N–C) groups is 1. The molecule has 3 N–H and O–H groups in total. The van der Waals surface area contributed by atoms with Crippen LogP contribution in [-0.2, 0) is 14.3 Å². The van der Waals surface area contributed by atoms with E-state index in [0.717, 1.165) is 0 Å². The van der Waals surface area contributed by atoms with E-state index in [2.05, 4.69) is 10.3 Å². The molecule has 1 unspecified atom stereocenters. The summed E-state index contributed by atoms with van der Waals surface area (Å²) >= 11 is 0. The van der Waals surface area contributed by atoms with Gasteiger partial charge in [-0.25, -0.2) is 4.79 Å². The molecule has 0 aromatic heterocycles. The minimum atomic E-state index is -0.603. The molecule has 0 radical (unpaired) electrons. The molecule has 2 heterocycles.